The summed E-state index contributed by atoms with van der Waals surface area (Å²) < 4.78 is 7.21. The minimum Gasteiger partial charge on any atom is -0.454 e. The summed E-state index contributed by atoms with van der Waals surface area (Å²) in [7, 11) is 0. The number of fused-ring (bicyclic) bond motifs is 2. The van der Waals surface area contributed by atoms with Gasteiger partial charge in [-0.2, -0.15) is 0 Å². The fourth-order valence-corrected chi connectivity index (χ4v) is 3.92. The summed E-state index contributed by atoms with van der Waals surface area (Å²) in [5.41, 5.74) is 2.24. The zero-order chi connectivity index (χ0) is 15.8. The van der Waals surface area contributed by atoms with Gasteiger partial charge < -0.3 is 9.72 Å². The molecule has 0 saturated carbocycles. The first-order chi connectivity index (χ1) is 11.2. The van der Waals surface area contributed by atoms with E-state index in [9.17, 15) is 4.79 Å². The average molecular weight is 387 g/mol. The summed E-state index contributed by atoms with van der Waals surface area (Å²) in [4.78, 5) is 19.9. The van der Waals surface area contributed by atoms with Crippen molar-refractivity contribution >= 4 is 54.4 Å². The molecule has 0 amide bonds. The topological polar surface area (TPSA) is 55.0 Å². The molecule has 0 fully saturated rings. The Morgan fingerprint density at radius 3 is 2.78 bits per heavy atom. The van der Waals surface area contributed by atoms with Crippen molar-refractivity contribution in [3.05, 3.63) is 63.7 Å². The molecule has 114 valence electrons. The van der Waals surface area contributed by atoms with E-state index in [4.69, 9.17) is 4.74 Å². The number of aromatic amines is 1. The van der Waals surface area contributed by atoms with Gasteiger partial charge in [0, 0.05) is 10.9 Å². The van der Waals surface area contributed by atoms with Crippen LogP contribution in [0.25, 0.3) is 21.1 Å². The van der Waals surface area contributed by atoms with Crippen LogP contribution in [0.4, 0.5) is 0 Å². The van der Waals surface area contributed by atoms with Gasteiger partial charge in [-0.15, -0.1) is 11.3 Å². The van der Waals surface area contributed by atoms with Crippen LogP contribution in [0.3, 0.4) is 0 Å². The van der Waals surface area contributed by atoms with Crippen molar-refractivity contribution in [2.75, 3.05) is 0 Å². The fraction of sp³-hybridized carbons (Fsp3) is 0.0588. The maximum Gasteiger partial charge on any atom is 0.356 e. The SMILES string of the molecule is O=C(OCc1nc2ccccc2s1)c1[nH]c2ccccc2c1Br. The van der Waals surface area contributed by atoms with Crippen molar-refractivity contribution in [3.8, 4) is 0 Å². The number of aromatic nitrogens is 2. The van der Waals surface area contributed by atoms with Gasteiger partial charge in [0.25, 0.3) is 0 Å². The van der Waals surface area contributed by atoms with Gasteiger partial charge in [0.1, 0.15) is 17.3 Å². The quantitative estimate of drug-likeness (QED) is 0.509. The van der Waals surface area contributed by atoms with Crippen molar-refractivity contribution in [2.24, 2.45) is 0 Å². The van der Waals surface area contributed by atoms with Gasteiger partial charge in [-0.25, -0.2) is 9.78 Å². The van der Waals surface area contributed by atoms with E-state index < -0.39 is 5.97 Å². The highest BCUT2D eigenvalue weighted by molar-refractivity contribution is 9.10. The maximum absolute atomic E-state index is 12.3. The smallest absolute Gasteiger partial charge is 0.356 e. The molecule has 4 rings (SSSR count). The van der Waals surface area contributed by atoms with Crippen LogP contribution in [0.15, 0.2) is 53.0 Å². The lowest BCUT2D eigenvalue weighted by atomic mass is 10.2. The second-order valence-electron chi connectivity index (χ2n) is 5.01. The lowest BCUT2D eigenvalue weighted by Gasteiger charge is -2.01. The molecule has 0 aliphatic heterocycles. The van der Waals surface area contributed by atoms with Crippen LogP contribution >= 0.6 is 27.3 Å². The number of H-pyrrole nitrogens is 1. The first kappa shape index (κ1) is 14.4. The van der Waals surface area contributed by atoms with E-state index in [2.05, 4.69) is 25.9 Å². The maximum atomic E-state index is 12.3. The molecule has 0 aliphatic rings. The third-order valence-corrected chi connectivity index (χ3v) is 5.35. The molecule has 6 heteroatoms. The molecule has 2 aromatic heterocycles. The van der Waals surface area contributed by atoms with Gasteiger partial charge in [-0.05, 0) is 34.1 Å². The summed E-state index contributed by atoms with van der Waals surface area (Å²) >= 11 is 5.00. The lowest BCUT2D eigenvalue weighted by Crippen LogP contribution is -2.06. The molecule has 0 atom stereocenters. The monoisotopic (exact) mass is 386 g/mol. The predicted molar refractivity (Wildman–Crippen MR) is 94.7 cm³/mol. The number of carbonyl (C=O) groups excluding carboxylic acids is 1. The van der Waals surface area contributed by atoms with Crippen molar-refractivity contribution in [2.45, 2.75) is 6.61 Å². The molecular weight excluding hydrogens is 376 g/mol. The Kier molecular flexibility index (Phi) is 3.63. The third kappa shape index (κ3) is 2.64. The molecule has 2 heterocycles. The highest BCUT2D eigenvalue weighted by Crippen LogP contribution is 2.28. The number of thiazole rings is 1. The van der Waals surface area contributed by atoms with Gasteiger partial charge in [-0.1, -0.05) is 30.3 Å². The summed E-state index contributed by atoms with van der Waals surface area (Å²) in [6.45, 7) is 0.167. The van der Waals surface area contributed by atoms with Crippen LogP contribution in [-0.2, 0) is 11.3 Å². The Hall–Kier alpha value is -2.18. The minimum atomic E-state index is -0.396. The van der Waals surface area contributed by atoms with Gasteiger partial charge >= 0.3 is 5.97 Å². The number of nitrogens with zero attached hydrogens (tertiary/aromatic N) is 1. The Balaban J connectivity index is 1.56. The van der Waals surface area contributed by atoms with Crippen molar-refractivity contribution < 1.29 is 9.53 Å². The number of benzene rings is 2. The number of carbonyl (C=O) groups is 1. The van der Waals surface area contributed by atoms with E-state index in [0.717, 1.165) is 30.6 Å². The second-order valence-corrected chi connectivity index (χ2v) is 6.92. The summed E-state index contributed by atoms with van der Waals surface area (Å²) in [5, 5.41) is 1.74. The van der Waals surface area contributed by atoms with Crippen LogP contribution in [0.2, 0.25) is 0 Å². The summed E-state index contributed by atoms with van der Waals surface area (Å²) in [5.74, 6) is -0.396. The molecule has 0 saturated heterocycles. The number of ether oxygens (including phenoxy) is 1. The molecule has 2 aromatic carbocycles. The minimum absolute atomic E-state index is 0.167. The number of esters is 1. The van der Waals surface area contributed by atoms with Gasteiger partial charge in [-0.3, -0.25) is 0 Å². The highest BCUT2D eigenvalue weighted by Gasteiger charge is 2.17. The molecular formula is C17H11BrN2O2S. The predicted octanol–water partition coefficient (Wildman–Crippen LogP) is 4.90. The molecule has 4 aromatic rings. The van der Waals surface area contributed by atoms with E-state index in [1.165, 1.54) is 11.3 Å². The van der Waals surface area contributed by atoms with Crippen LogP contribution in [0.1, 0.15) is 15.5 Å². The number of halogens is 1. The number of nitrogens with one attached hydrogen (secondary N) is 1. The zero-order valence-electron chi connectivity index (χ0n) is 11.9. The lowest BCUT2D eigenvalue weighted by molar-refractivity contribution is 0.0465. The third-order valence-electron chi connectivity index (χ3n) is 3.51. The first-order valence-electron chi connectivity index (χ1n) is 7.00. The van der Waals surface area contributed by atoms with Crippen LogP contribution < -0.4 is 0 Å². The molecule has 23 heavy (non-hydrogen) atoms. The van der Waals surface area contributed by atoms with Crippen LogP contribution in [0.5, 0.6) is 0 Å². The Bertz CT molecular complexity index is 989. The molecule has 0 unspecified atom stereocenters. The number of hydrogen-bond donors (Lipinski definition) is 1. The summed E-state index contributed by atoms with van der Waals surface area (Å²) in [6, 6.07) is 15.6. The Morgan fingerprint density at radius 1 is 1.17 bits per heavy atom. The zero-order valence-corrected chi connectivity index (χ0v) is 14.3. The van der Waals surface area contributed by atoms with E-state index in [1.807, 2.05) is 48.5 Å². The van der Waals surface area contributed by atoms with Gasteiger partial charge in [0.2, 0.25) is 0 Å². The molecule has 0 spiro atoms. The van der Waals surface area contributed by atoms with Crippen molar-refractivity contribution in [3.63, 3.8) is 0 Å². The molecule has 4 nitrogen and oxygen atoms in total. The number of rotatable bonds is 3. The van der Waals surface area contributed by atoms with E-state index in [0.29, 0.717) is 5.69 Å². The van der Waals surface area contributed by atoms with Crippen molar-refractivity contribution in [1.82, 2.24) is 9.97 Å². The molecule has 0 aliphatic carbocycles. The molecule has 1 N–H and O–H groups in total. The first-order valence-corrected chi connectivity index (χ1v) is 8.61. The Labute approximate surface area is 144 Å². The van der Waals surface area contributed by atoms with E-state index in [-0.39, 0.29) is 6.61 Å². The Morgan fingerprint density at radius 2 is 1.96 bits per heavy atom. The number of hydrogen-bond acceptors (Lipinski definition) is 4. The van der Waals surface area contributed by atoms with Crippen LogP contribution in [-0.4, -0.2) is 15.9 Å². The normalized spacial score (nSPS) is 11.2. The summed E-state index contributed by atoms with van der Waals surface area (Å²) in [6.07, 6.45) is 0. The standard InChI is InChI=1S/C17H11BrN2O2S/c18-15-10-5-1-2-6-11(10)20-16(15)17(21)22-9-14-19-12-7-3-4-8-13(12)23-14/h1-8,20H,9H2. The van der Waals surface area contributed by atoms with E-state index in [1.54, 1.807) is 0 Å². The fourth-order valence-electron chi connectivity index (χ4n) is 2.43. The van der Waals surface area contributed by atoms with Gasteiger partial charge in [0.15, 0.2) is 0 Å². The van der Waals surface area contributed by atoms with Crippen molar-refractivity contribution in [1.29, 1.82) is 0 Å². The second kappa shape index (κ2) is 5.79. The molecule has 0 radical (unpaired) electrons. The average Bonchev–Trinajstić information content (AvgIpc) is 3.14. The van der Waals surface area contributed by atoms with E-state index >= 15 is 0 Å². The number of para-hydroxylation sites is 2. The molecule has 0 bridgehead atoms. The highest BCUT2D eigenvalue weighted by atomic mass is 79.9. The van der Waals surface area contributed by atoms with Gasteiger partial charge in [0.05, 0.1) is 14.7 Å². The van der Waals surface area contributed by atoms with Crippen LogP contribution in [0, 0.1) is 0 Å². The largest absolute Gasteiger partial charge is 0.454 e.